The highest BCUT2D eigenvalue weighted by atomic mass is 35.5. The topological polar surface area (TPSA) is 24.5 Å². The zero-order valence-corrected chi connectivity index (χ0v) is 13.8. The lowest BCUT2D eigenvalue weighted by Gasteiger charge is -2.27. The van der Waals surface area contributed by atoms with Crippen LogP contribution in [0.25, 0.3) is 0 Å². The van der Waals surface area contributed by atoms with Gasteiger partial charge in [0.05, 0.1) is 6.61 Å². The van der Waals surface area contributed by atoms with Crippen LogP contribution in [0.5, 0.6) is 0 Å². The smallest absolute Gasteiger partial charge is 0.0615 e. The van der Waals surface area contributed by atoms with E-state index < -0.39 is 0 Å². The summed E-state index contributed by atoms with van der Waals surface area (Å²) >= 11 is 5.95. The predicted molar refractivity (Wildman–Crippen MR) is 86.5 cm³/mol. The molecule has 3 nitrogen and oxygen atoms in total. The summed E-state index contributed by atoms with van der Waals surface area (Å²) in [6.07, 6.45) is 1.07. The van der Waals surface area contributed by atoms with Gasteiger partial charge in [-0.2, -0.15) is 0 Å². The van der Waals surface area contributed by atoms with Gasteiger partial charge in [-0.15, -0.1) is 0 Å². The number of hydrogen-bond donors (Lipinski definition) is 1. The first-order valence-electron chi connectivity index (χ1n) is 7.26. The zero-order valence-electron chi connectivity index (χ0n) is 13.0. The lowest BCUT2D eigenvalue weighted by atomic mass is 10.0. The number of methoxy groups -OCH3 is 1. The van der Waals surface area contributed by atoms with E-state index in [4.69, 9.17) is 16.3 Å². The van der Waals surface area contributed by atoms with Gasteiger partial charge >= 0.3 is 0 Å². The second-order valence-corrected chi connectivity index (χ2v) is 5.67. The highest BCUT2D eigenvalue weighted by Crippen LogP contribution is 2.20. The van der Waals surface area contributed by atoms with Gasteiger partial charge < -0.3 is 15.0 Å². The number of rotatable bonds is 9. The number of halogens is 1. The summed E-state index contributed by atoms with van der Waals surface area (Å²) in [5.41, 5.74) is 1.30. The van der Waals surface area contributed by atoms with Crippen molar-refractivity contribution in [2.75, 3.05) is 33.9 Å². The summed E-state index contributed by atoms with van der Waals surface area (Å²) in [6.45, 7) is 7.09. The average molecular weight is 299 g/mol. The molecule has 0 fully saturated rings. The van der Waals surface area contributed by atoms with E-state index in [0.717, 1.165) is 31.1 Å². The van der Waals surface area contributed by atoms with Crippen molar-refractivity contribution in [2.45, 2.75) is 32.4 Å². The molecule has 0 aliphatic heterocycles. The lowest BCUT2D eigenvalue weighted by Crippen LogP contribution is -2.35. The number of hydrogen-bond acceptors (Lipinski definition) is 3. The standard InChI is InChI=1S/C16H27ClN2O/c1-5-18-16(14-6-8-15(17)9-7-14)10-11-19(3)13(2)12-20-4/h6-9,13,16,18H,5,10-12H2,1-4H3. The van der Waals surface area contributed by atoms with E-state index in [2.05, 4.69) is 43.2 Å². The molecule has 0 aromatic heterocycles. The van der Waals surface area contributed by atoms with Gasteiger partial charge in [0.2, 0.25) is 0 Å². The molecule has 114 valence electrons. The number of nitrogens with one attached hydrogen (secondary N) is 1. The van der Waals surface area contributed by atoms with E-state index in [1.165, 1.54) is 5.56 Å². The Morgan fingerprint density at radius 1 is 1.30 bits per heavy atom. The minimum Gasteiger partial charge on any atom is -0.383 e. The average Bonchev–Trinajstić information content (AvgIpc) is 2.44. The van der Waals surface area contributed by atoms with Gasteiger partial charge in [0, 0.05) is 30.8 Å². The van der Waals surface area contributed by atoms with Crippen molar-refractivity contribution in [1.29, 1.82) is 0 Å². The minimum absolute atomic E-state index is 0.370. The van der Waals surface area contributed by atoms with E-state index in [1.54, 1.807) is 7.11 Å². The van der Waals surface area contributed by atoms with Crippen LogP contribution in [0.4, 0.5) is 0 Å². The summed E-state index contributed by atoms with van der Waals surface area (Å²) < 4.78 is 5.20. The summed E-state index contributed by atoms with van der Waals surface area (Å²) in [5, 5.41) is 4.33. The summed E-state index contributed by atoms with van der Waals surface area (Å²) in [5.74, 6) is 0. The maximum Gasteiger partial charge on any atom is 0.0615 e. The fourth-order valence-electron chi connectivity index (χ4n) is 2.25. The van der Waals surface area contributed by atoms with Gasteiger partial charge in [0.15, 0.2) is 0 Å². The molecule has 1 N–H and O–H groups in total. The molecule has 0 saturated heterocycles. The van der Waals surface area contributed by atoms with Crippen molar-refractivity contribution in [2.24, 2.45) is 0 Å². The van der Waals surface area contributed by atoms with Crippen LogP contribution in [0.15, 0.2) is 24.3 Å². The highest BCUT2D eigenvalue weighted by Gasteiger charge is 2.14. The molecule has 0 heterocycles. The zero-order chi connectivity index (χ0) is 15.0. The molecule has 20 heavy (non-hydrogen) atoms. The van der Waals surface area contributed by atoms with Gasteiger partial charge in [-0.05, 0) is 44.6 Å². The summed E-state index contributed by atoms with van der Waals surface area (Å²) in [4.78, 5) is 2.34. The third-order valence-corrected chi connectivity index (χ3v) is 3.91. The van der Waals surface area contributed by atoms with Crippen LogP contribution in [0.2, 0.25) is 5.02 Å². The first-order valence-corrected chi connectivity index (χ1v) is 7.64. The van der Waals surface area contributed by atoms with Crippen LogP contribution in [0.3, 0.4) is 0 Å². The fourth-order valence-corrected chi connectivity index (χ4v) is 2.38. The number of benzene rings is 1. The van der Waals surface area contributed by atoms with Gasteiger partial charge in [-0.1, -0.05) is 30.7 Å². The second-order valence-electron chi connectivity index (χ2n) is 5.24. The lowest BCUT2D eigenvalue weighted by molar-refractivity contribution is 0.113. The van der Waals surface area contributed by atoms with Gasteiger partial charge in [-0.25, -0.2) is 0 Å². The Hall–Kier alpha value is -0.610. The molecule has 0 radical (unpaired) electrons. The molecular weight excluding hydrogens is 272 g/mol. The molecule has 2 unspecified atom stereocenters. The Labute approximate surface area is 128 Å². The van der Waals surface area contributed by atoms with Crippen molar-refractivity contribution < 1.29 is 4.74 Å². The highest BCUT2D eigenvalue weighted by molar-refractivity contribution is 6.30. The van der Waals surface area contributed by atoms with Crippen LogP contribution in [0, 0.1) is 0 Å². The molecule has 0 aliphatic rings. The quantitative estimate of drug-likeness (QED) is 0.757. The normalized spacial score (nSPS) is 14.5. The molecule has 2 atom stereocenters. The van der Waals surface area contributed by atoms with Crippen LogP contribution >= 0.6 is 11.6 Å². The predicted octanol–water partition coefficient (Wildman–Crippen LogP) is 3.35. The van der Waals surface area contributed by atoms with Crippen molar-refractivity contribution in [3.8, 4) is 0 Å². The number of likely N-dealkylation sites (N-methyl/N-ethyl adjacent to an activating group) is 1. The van der Waals surface area contributed by atoms with Crippen LogP contribution in [-0.2, 0) is 4.74 Å². The van der Waals surface area contributed by atoms with Gasteiger partial charge in [0.25, 0.3) is 0 Å². The van der Waals surface area contributed by atoms with Crippen molar-refractivity contribution in [1.82, 2.24) is 10.2 Å². The Balaban J connectivity index is 2.57. The van der Waals surface area contributed by atoms with Gasteiger partial charge in [0.1, 0.15) is 0 Å². The third-order valence-electron chi connectivity index (χ3n) is 3.65. The number of ether oxygens (including phenoxy) is 1. The minimum atomic E-state index is 0.370. The van der Waals surface area contributed by atoms with E-state index in [-0.39, 0.29) is 0 Å². The third kappa shape index (κ3) is 5.80. The molecular formula is C16H27ClN2O. The van der Waals surface area contributed by atoms with E-state index in [0.29, 0.717) is 12.1 Å². The van der Waals surface area contributed by atoms with Crippen LogP contribution in [-0.4, -0.2) is 44.8 Å². The maximum atomic E-state index is 5.95. The molecule has 0 spiro atoms. The Kier molecular flexibility index (Phi) is 8.15. The van der Waals surface area contributed by atoms with Crippen LogP contribution in [0.1, 0.15) is 31.9 Å². The van der Waals surface area contributed by atoms with E-state index in [1.807, 2.05) is 12.1 Å². The monoisotopic (exact) mass is 298 g/mol. The van der Waals surface area contributed by atoms with Gasteiger partial charge in [-0.3, -0.25) is 0 Å². The SMILES string of the molecule is CCNC(CCN(C)C(C)COC)c1ccc(Cl)cc1. The molecule has 0 aliphatic carbocycles. The molecule has 1 aromatic carbocycles. The maximum absolute atomic E-state index is 5.95. The molecule has 0 saturated carbocycles. The van der Waals surface area contributed by atoms with E-state index in [9.17, 15) is 0 Å². The summed E-state index contributed by atoms with van der Waals surface area (Å²) in [7, 11) is 3.90. The van der Waals surface area contributed by atoms with Crippen LogP contribution < -0.4 is 5.32 Å². The molecule has 4 heteroatoms. The molecule has 0 amide bonds. The molecule has 1 aromatic rings. The first-order chi connectivity index (χ1) is 9.58. The van der Waals surface area contributed by atoms with Crippen molar-refractivity contribution in [3.05, 3.63) is 34.9 Å². The van der Waals surface area contributed by atoms with Crippen molar-refractivity contribution in [3.63, 3.8) is 0 Å². The first kappa shape index (κ1) is 17.4. The molecule has 0 bridgehead atoms. The Morgan fingerprint density at radius 3 is 2.50 bits per heavy atom. The second kappa shape index (κ2) is 9.35. The molecule has 1 rings (SSSR count). The Morgan fingerprint density at radius 2 is 1.95 bits per heavy atom. The fraction of sp³-hybridized carbons (Fsp3) is 0.625. The Bertz CT molecular complexity index is 369. The largest absolute Gasteiger partial charge is 0.383 e. The van der Waals surface area contributed by atoms with E-state index >= 15 is 0 Å². The van der Waals surface area contributed by atoms with Crippen molar-refractivity contribution >= 4 is 11.6 Å². The number of nitrogens with zero attached hydrogens (tertiary/aromatic N) is 1. The summed E-state index contributed by atoms with van der Waals surface area (Å²) in [6, 6.07) is 8.93.